The third kappa shape index (κ3) is 2.32. The molecule has 1 aromatic heterocycles. The summed E-state index contributed by atoms with van der Waals surface area (Å²) in [6, 6.07) is 8.07. The third-order valence-electron chi connectivity index (χ3n) is 4.68. The summed E-state index contributed by atoms with van der Waals surface area (Å²) in [5.41, 5.74) is 9.13. The number of nitrogens with zero attached hydrogens (tertiary/aromatic N) is 1. The second kappa shape index (κ2) is 4.86. The number of nitrogen functional groups attached to an aromatic ring is 1. The van der Waals surface area contributed by atoms with Crippen molar-refractivity contribution in [1.82, 2.24) is 10.2 Å². The number of anilines is 1. The molecule has 0 aliphatic carbocycles. The number of rotatable bonds is 2. The van der Waals surface area contributed by atoms with E-state index in [0.717, 1.165) is 22.3 Å². The molecular formula is C16H22BN3O2. The number of aromatic nitrogens is 2. The predicted octanol–water partition coefficient (Wildman–Crippen LogP) is 2.27. The van der Waals surface area contributed by atoms with Gasteiger partial charge in [0.15, 0.2) is 5.82 Å². The Morgan fingerprint density at radius 3 is 2.32 bits per heavy atom. The summed E-state index contributed by atoms with van der Waals surface area (Å²) in [6.45, 7) is 10.2. The Balaban J connectivity index is 1.97. The molecule has 22 heavy (non-hydrogen) atoms. The van der Waals surface area contributed by atoms with Crippen molar-refractivity contribution in [2.45, 2.75) is 45.8 Å². The lowest BCUT2D eigenvalue weighted by atomic mass is 9.78. The van der Waals surface area contributed by atoms with E-state index in [1.807, 2.05) is 25.1 Å². The summed E-state index contributed by atoms with van der Waals surface area (Å²) in [6.07, 6.45) is 0. The van der Waals surface area contributed by atoms with Gasteiger partial charge in [-0.2, -0.15) is 5.10 Å². The van der Waals surface area contributed by atoms with Crippen molar-refractivity contribution >= 4 is 18.4 Å². The van der Waals surface area contributed by atoms with E-state index >= 15 is 0 Å². The van der Waals surface area contributed by atoms with Crippen LogP contribution in [0.1, 0.15) is 33.4 Å². The maximum atomic E-state index is 6.11. The van der Waals surface area contributed by atoms with Gasteiger partial charge in [-0.25, -0.2) is 0 Å². The fourth-order valence-corrected chi connectivity index (χ4v) is 2.63. The maximum Gasteiger partial charge on any atom is 0.494 e. The van der Waals surface area contributed by atoms with Crippen LogP contribution in [-0.4, -0.2) is 28.5 Å². The lowest BCUT2D eigenvalue weighted by Crippen LogP contribution is -2.41. The first-order chi connectivity index (χ1) is 10.2. The second-order valence-electron chi connectivity index (χ2n) is 6.82. The maximum absolute atomic E-state index is 6.11. The van der Waals surface area contributed by atoms with Gasteiger partial charge in [0.25, 0.3) is 0 Å². The quantitative estimate of drug-likeness (QED) is 0.834. The number of nitrogens with two attached hydrogens (primary N) is 1. The normalized spacial score (nSPS) is 19.6. The van der Waals surface area contributed by atoms with E-state index in [-0.39, 0.29) is 18.3 Å². The molecule has 6 heteroatoms. The molecule has 5 nitrogen and oxygen atoms in total. The van der Waals surface area contributed by atoms with E-state index in [4.69, 9.17) is 15.0 Å². The van der Waals surface area contributed by atoms with Crippen LogP contribution in [0.25, 0.3) is 11.1 Å². The van der Waals surface area contributed by atoms with Crippen LogP contribution in [0.15, 0.2) is 24.3 Å². The molecule has 0 saturated carbocycles. The van der Waals surface area contributed by atoms with Crippen LogP contribution in [0, 0.1) is 6.92 Å². The first-order valence-electron chi connectivity index (χ1n) is 7.48. The zero-order valence-corrected chi connectivity index (χ0v) is 13.7. The highest BCUT2D eigenvalue weighted by Crippen LogP contribution is 2.36. The van der Waals surface area contributed by atoms with Gasteiger partial charge in [0, 0.05) is 11.3 Å². The molecule has 0 spiro atoms. The molecule has 1 fully saturated rings. The molecule has 0 amide bonds. The van der Waals surface area contributed by atoms with Crippen LogP contribution in [0.5, 0.6) is 0 Å². The largest absolute Gasteiger partial charge is 0.494 e. The van der Waals surface area contributed by atoms with Crippen LogP contribution < -0.4 is 11.2 Å². The van der Waals surface area contributed by atoms with E-state index in [1.54, 1.807) is 0 Å². The molecule has 1 aliphatic rings. The Bertz CT molecular complexity index is 674. The van der Waals surface area contributed by atoms with Crippen LogP contribution in [0.4, 0.5) is 5.82 Å². The molecule has 1 aromatic carbocycles. The molecule has 2 aromatic rings. The topological polar surface area (TPSA) is 73.2 Å². The minimum atomic E-state index is -0.376. The standard InChI is InChI=1S/C16H22BN3O2/c1-10-13(14(18)20-19-10)11-7-6-8-12(9-11)17-21-15(2,3)16(4,5)22-17/h6-9H,1-5H3,(H3,18,19,20). The smallest absolute Gasteiger partial charge is 0.399 e. The Labute approximate surface area is 131 Å². The van der Waals surface area contributed by atoms with Crippen molar-refractivity contribution < 1.29 is 9.31 Å². The first-order valence-corrected chi connectivity index (χ1v) is 7.48. The molecule has 116 valence electrons. The number of aryl methyl sites for hydroxylation is 1. The minimum absolute atomic E-state index is 0.349. The highest BCUT2D eigenvalue weighted by Gasteiger charge is 2.51. The van der Waals surface area contributed by atoms with Gasteiger partial charge in [-0.05, 0) is 45.6 Å². The minimum Gasteiger partial charge on any atom is -0.399 e. The average Bonchev–Trinajstić information content (AvgIpc) is 2.87. The lowest BCUT2D eigenvalue weighted by Gasteiger charge is -2.32. The van der Waals surface area contributed by atoms with Crippen molar-refractivity contribution in [3.63, 3.8) is 0 Å². The summed E-state index contributed by atoms with van der Waals surface area (Å²) >= 11 is 0. The van der Waals surface area contributed by atoms with Crippen LogP contribution >= 0.6 is 0 Å². The summed E-state index contributed by atoms with van der Waals surface area (Å²) in [7, 11) is -0.376. The molecule has 2 heterocycles. The van der Waals surface area contributed by atoms with Gasteiger partial charge in [-0.3, -0.25) is 5.10 Å². The van der Waals surface area contributed by atoms with Gasteiger partial charge in [0.05, 0.1) is 11.2 Å². The highest BCUT2D eigenvalue weighted by atomic mass is 16.7. The monoisotopic (exact) mass is 299 g/mol. The first kappa shape index (κ1) is 15.1. The van der Waals surface area contributed by atoms with E-state index in [1.165, 1.54) is 0 Å². The second-order valence-corrected chi connectivity index (χ2v) is 6.82. The zero-order valence-electron chi connectivity index (χ0n) is 13.7. The van der Waals surface area contributed by atoms with Gasteiger partial charge >= 0.3 is 7.12 Å². The molecule has 0 atom stereocenters. The SMILES string of the molecule is Cc1[nH]nc(N)c1-c1cccc(B2OC(C)(C)C(C)(C)O2)c1. The Kier molecular flexibility index (Phi) is 3.34. The van der Waals surface area contributed by atoms with E-state index in [2.05, 4.69) is 44.0 Å². The number of benzene rings is 1. The Morgan fingerprint density at radius 1 is 1.14 bits per heavy atom. The summed E-state index contributed by atoms with van der Waals surface area (Å²) in [5, 5.41) is 6.97. The number of aromatic amines is 1. The number of nitrogens with one attached hydrogen (secondary N) is 1. The van der Waals surface area contributed by atoms with Gasteiger partial charge < -0.3 is 15.0 Å². The van der Waals surface area contributed by atoms with Gasteiger partial charge in [0.2, 0.25) is 0 Å². The average molecular weight is 299 g/mol. The molecule has 0 bridgehead atoms. The van der Waals surface area contributed by atoms with Crippen LogP contribution in [0.2, 0.25) is 0 Å². The molecule has 0 unspecified atom stereocenters. The summed E-state index contributed by atoms with van der Waals surface area (Å²) < 4.78 is 12.2. The van der Waals surface area contributed by atoms with Gasteiger partial charge in [-0.15, -0.1) is 0 Å². The molecule has 3 N–H and O–H groups in total. The van der Waals surface area contributed by atoms with Crippen LogP contribution in [0.3, 0.4) is 0 Å². The highest BCUT2D eigenvalue weighted by molar-refractivity contribution is 6.62. The van der Waals surface area contributed by atoms with Gasteiger partial charge in [0.1, 0.15) is 0 Å². The zero-order chi connectivity index (χ0) is 16.1. The van der Waals surface area contributed by atoms with E-state index < -0.39 is 0 Å². The lowest BCUT2D eigenvalue weighted by molar-refractivity contribution is 0.00578. The summed E-state index contributed by atoms with van der Waals surface area (Å²) in [4.78, 5) is 0. The Morgan fingerprint density at radius 2 is 1.77 bits per heavy atom. The molecule has 1 aliphatic heterocycles. The molecular weight excluding hydrogens is 277 g/mol. The van der Waals surface area contributed by atoms with Crippen LogP contribution in [-0.2, 0) is 9.31 Å². The molecule has 3 rings (SSSR count). The van der Waals surface area contributed by atoms with Crippen molar-refractivity contribution in [2.75, 3.05) is 5.73 Å². The predicted molar refractivity (Wildman–Crippen MR) is 88.9 cm³/mol. The summed E-state index contributed by atoms with van der Waals surface area (Å²) in [5.74, 6) is 0.503. The van der Waals surface area contributed by atoms with Crippen molar-refractivity contribution in [2.24, 2.45) is 0 Å². The number of hydrogen-bond acceptors (Lipinski definition) is 4. The van der Waals surface area contributed by atoms with Crippen molar-refractivity contribution in [1.29, 1.82) is 0 Å². The van der Waals surface area contributed by atoms with Crippen molar-refractivity contribution in [3.05, 3.63) is 30.0 Å². The number of H-pyrrole nitrogens is 1. The fourth-order valence-electron chi connectivity index (χ4n) is 2.63. The van der Waals surface area contributed by atoms with E-state index in [0.29, 0.717) is 5.82 Å². The molecule has 0 radical (unpaired) electrons. The van der Waals surface area contributed by atoms with Gasteiger partial charge in [-0.1, -0.05) is 24.3 Å². The third-order valence-corrected chi connectivity index (χ3v) is 4.68. The molecule has 1 saturated heterocycles. The van der Waals surface area contributed by atoms with Crippen molar-refractivity contribution in [3.8, 4) is 11.1 Å². The number of hydrogen-bond donors (Lipinski definition) is 2. The fraction of sp³-hybridized carbons (Fsp3) is 0.438. The van der Waals surface area contributed by atoms with E-state index in [9.17, 15) is 0 Å². The Hall–Kier alpha value is -1.79.